The van der Waals surface area contributed by atoms with Crippen LogP contribution in [0.5, 0.6) is 5.75 Å². The van der Waals surface area contributed by atoms with E-state index in [9.17, 15) is 9.18 Å². The van der Waals surface area contributed by atoms with Crippen LogP contribution < -0.4 is 9.64 Å². The molecule has 1 aliphatic heterocycles. The van der Waals surface area contributed by atoms with Crippen molar-refractivity contribution in [2.75, 3.05) is 31.1 Å². The first-order chi connectivity index (χ1) is 12.1. The second kappa shape index (κ2) is 7.55. The Labute approximate surface area is 146 Å². The van der Waals surface area contributed by atoms with E-state index in [-0.39, 0.29) is 11.7 Å². The summed E-state index contributed by atoms with van der Waals surface area (Å²) >= 11 is 0. The fraction of sp³-hybridized carbons (Fsp3) is 0.444. The highest BCUT2D eigenvalue weighted by Crippen LogP contribution is 2.20. The van der Waals surface area contributed by atoms with Crippen LogP contribution in [0.1, 0.15) is 13.3 Å². The van der Waals surface area contributed by atoms with Crippen molar-refractivity contribution in [1.29, 1.82) is 0 Å². The normalized spacial score (nSPS) is 16.0. The van der Waals surface area contributed by atoms with Crippen LogP contribution in [-0.4, -0.2) is 52.6 Å². The summed E-state index contributed by atoms with van der Waals surface area (Å²) in [5.74, 6) is 0.481. The van der Waals surface area contributed by atoms with E-state index in [4.69, 9.17) is 4.74 Å². The smallest absolute Gasteiger partial charge is 0.263 e. The number of piperazine rings is 1. The van der Waals surface area contributed by atoms with Crippen molar-refractivity contribution in [2.24, 2.45) is 7.05 Å². The zero-order valence-electron chi connectivity index (χ0n) is 14.6. The lowest BCUT2D eigenvalue weighted by molar-refractivity contribution is -0.139. The molecule has 3 rings (SSSR count). The number of aromatic nitrogens is 2. The highest BCUT2D eigenvalue weighted by molar-refractivity contribution is 5.81. The molecular weight excluding hydrogens is 323 g/mol. The molecule has 1 unspecified atom stereocenters. The third-order valence-corrected chi connectivity index (χ3v) is 4.42. The number of nitrogens with zero attached hydrogens (tertiary/aromatic N) is 4. The molecule has 1 aromatic carbocycles. The molecule has 1 saturated heterocycles. The van der Waals surface area contributed by atoms with Gasteiger partial charge in [-0.15, -0.1) is 0 Å². The quantitative estimate of drug-likeness (QED) is 0.832. The van der Waals surface area contributed by atoms with Crippen molar-refractivity contribution in [3.63, 3.8) is 0 Å². The largest absolute Gasteiger partial charge is 0.478 e. The first kappa shape index (κ1) is 17.3. The van der Waals surface area contributed by atoms with Crippen molar-refractivity contribution >= 4 is 11.9 Å². The highest BCUT2D eigenvalue weighted by Gasteiger charge is 2.29. The van der Waals surface area contributed by atoms with Crippen LogP contribution in [0.15, 0.2) is 36.7 Å². The fourth-order valence-electron chi connectivity index (χ4n) is 2.99. The number of hydrogen-bond acceptors (Lipinski definition) is 4. The van der Waals surface area contributed by atoms with Gasteiger partial charge in [-0.25, -0.2) is 9.37 Å². The summed E-state index contributed by atoms with van der Waals surface area (Å²) in [5.41, 5.74) is 0. The van der Waals surface area contributed by atoms with Crippen LogP contribution in [0.3, 0.4) is 0 Å². The van der Waals surface area contributed by atoms with Gasteiger partial charge in [-0.2, -0.15) is 0 Å². The van der Waals surface area contributed by atoms with E-state index in [1.807, 2.05) is 24.7 Å². The zero-order valence-corrected chi connectivity index (χ0v) is 14.6. The molecule has 0 saturated carbocycles. The fourth-order valence-corrected chi connectivity index (χ4v) is 2.99. The molecular formula is C18H23FN4O2. The molecule has 0 spiro atoms. The van der Waals surface area contributed by atoms with E-state index < -0.39 is 11.9 Å². The Balaban J connectivity index is 1.61. The topological polar surface area (TPSA) is 50.6 Å². The third-order valence-electron chi connectivity index (χ3n) is 4.42. The van der Waals surface area contributed by atoms with E-state index in [1.54, 1.807) is 29.3 Å². The van der Waals surface area contributed by atoms with E-state index in [0.717, 1.165) is 5.95 Å². The second-order valence-corrected chi connectivity index (χ2v) is 6.10. The van der Waals surface area contributed by atoms with Gasteiger partial charge >= 0.3 is 0 Å². The number of aryl methyl sites for hydroxylation is 1. The van der Waals surface area contributed by atoms with E-state index in [2.05, 4.69) is 9.88 Å². The van der Waals surface area contributed by atoms with Crippen LogP contribution in [-0.2, 0) is 11.8 Å². The Morgan fingerprint density at radius 1 is 1.28 bits per heavy atom. The zero-order chi connectivity index (χ0) is 17.8. The van der Waals surface area contributed by atoms with Crippen molar-refractivity contribution in [2.45, 2.75) is 19.4 Å². The van der Waals surface area contributed by atoms with Gasteiger partial charge in [0.1, 0.15) is 0 Å². The summed E-state index contributed by atoms with van der Waals surface area (Å²) in [6.45, 7) is 4.50. The first-order valence-corrected chi connectivity index (χ1v) is 8.52. The van der Waals surface area contributed by atoms with Gasteiger partial charge in [-0.05, 0) is 18.6 Å². The van der Waals surface area contributed by atoms with Crippen LogP contribution >= 0.6 is 0 Å². The predicted molar refractivity (Wildman–Crippen MR) is 93.1 cm³/mol. The summed E-state index contributed by atoms with van der Waals surface area (Å²) < 4.78 is 21.4. The average Bonchev–Trinajstić information content (AvgIpc) is 3.06. The maximum absolute atomic E-state index is 13.8. The summed E-state index contributed by atoms with van der Waals surface area (Å²) in [4.78, 5) is 21.0. The summed E-state index contributed by atoms with van der Waals surface area (Å²) in [7, 11) is 1.95. The SMILES string of the molecule is CCC(Oc1ccccc1F)C(=O)N1CCN(c2nccn2C)CC1. The van der Waals surface area contributed by atoms with Gasteiger partial charge in [0.05, 0.1) is 0 Å². The van der Waals surface area contributed by atoms with Gasteiger partial charge in [-0.3, -0.25) is 4.79 Å². The minimum Gasteiger partial charge on any atom is -0.478 e. The van der Waals surface area contributed by atoms with Gasteiger partial charge in [0.15, 0.2) is 17.7 Å². The number of carbonyl (C=O) groups excluding carboxylic acids is 1. The molecule has 1 atom stereocenters. The van der Waals surface area contributed by atoms with Crippen LogP contribution in [0.2, 0.25) is 0 Å². The van der Waals surface area contributed by atoms with Crippen LogP contribution in [0, 0.1) is 5.82 Å². The number of imidazole rings is 1. The van der Waals surface area contributed by atoms with Gasteiger partial charge in [-0.1, -0.05) is 19.1 Å². The number of benzene rings is 1. The summed E-state index contributed by atoms with van der Waals surface area (Å²) in [6, 6.07) is 6.17. The monoisotopic (exact) mass is 346 g/mol. The lowest BCUT2D eigenvalue weighted by atomic mass is 10.2. The molecule has 7 heteroatoms. The lowest BCUT2D eigenvalue weighted by Crippen LogP contribution is -2.52. The third kappa shape index (κ3) is 3.75. The standard InChI is InChI=1S/C18H23FN4O2/c1-3-15(25-16-7-5-4-6-14(16)19)17(24)22-10-12-23(13-11-22)18-20-8-9-21(18)2/h4-9,15H,3,10-13H2,1-2H3. The van der Waals surface area contributed by atoms with Gasteiger partial charge < -0.3 is 19.1 Å². The average molecular weight is 346 g/mol. The van der Waals surface area contributed by atoms with E-state index in [0.29, 0.717) is 32.6 Å². The summed E-state index contributed by atoms with van der Waals surface area (Å²) in [6.07, 6.45) is 3.49. The molecule has 0 radical (unpaired) electrons. The Morgan fingerprint density at radius 2 is 2.00 bits per heavy atom. The minimum atomic E-state index is -0.670. The lowest BCUT2D eigenvalue weighted by Gasteiger charge is -2.36. The summed E-state index contributed by atoms with van der Waals surface area (Å²) in [5, 5.41) is 0. The Morgan fingerprint density at radius 3 is 2.60 bits per heavy atom. The minimum absolute atomic E-state index is 0.0924. The number of carbonyl (C=O) groups is 1. The van der Waals surface area contributed by atoms with Gasteiger partial charge in [0.25, 0.3) is 5.91 Å². The van der Waals surface area contributed by atoms with Crippen molar-refractivity contribution in [1.82, 2.24) is 14.5 Å². The molecule has 0 N–H and O–H groups in total. The Kier molecular flexibility index (Phi) is 5.21. The van der Waals surface area contributed by atoms with Crippen molar-refractivity contribution in [3.05, 3.63) is 42.5 Å². The number of amides is 1. The molecule has 6 nitrogen and oxygen atoms in total. The molecule has 1 amide bonds. The Bertz CT molecular complexity index is 725. The second-order valence-electron chi connectivity index (χ2n) is 6.10. The maximum atomic E-state index is 13.8. The molecule has 1 aromatic heterocycles. The van der Waals surface area contributed by atoms with Crippen molar-refractivity contribution in [3.8, 4) is 5.75 Å². The Hall–Kier alpha value is -2.57. The number of anilines is 1. The number of rotatable bonds is 5. The molecule has 0 aliphatic carbocycles. The van der Waals surface area contributed by atoms with E-state index in [1.165, 1.54) is 6.07 Å². The van der Waals surface area contributed by atoms with E-state index >= 15 is 0 Å². The van der Waals surface area contributed by atoms with Crippen molar-refractivity contribution < 1.29 is 13.9 Å². The molecule has 1 fully saturated rings. The maximum Gasteiger partial charge on any atom is 0.263 e. The predicted octanol–water partition coefficient (Wildman–Crippen LogP) is 2.07. The van der Waals surface area contributed by atoms with Crippen LogP contribution in [0.25, 0.3) is 0 Å². The molecule has 25 heavy (non-hydrogen) atoms. The molecule has 1 aliphatic rings. The first-order valence-electron chi connectivity index (χ1n) is 8.52. The number of para-hydroxylation sites is 1. The van der Waals surface area contributed by atoms with Gasteiger partial charge in [0.2, 0.25) is 5.95 Å². The molecule has 2 heterocycles. The number of ether oxygens (including phenoxy) is 1. The van der Waals surface area contributed by atoms with Gasteiger partial charge in [0, 0.05) is 45.6 Å². The molecule has 2 aromatic rings. The van der Waals surface area contributed by atoms with Crippen LogP contribution in [0.4, 0.5) is 10.3 Å². The molecule has 0 bridgehead atoms. The highest BCUT2D eigenvalue weighted by atomic mass is 19.1. The number of hydrogen-bond donors (Lipinski definition) is 0. The number of halogens is 1. The molecule has 134 valence electrons.